The van der Waals surface area contributed by atoms with E-state index in [2.05, 4.69) is 5.32 Å². The molecule has 5 heteroatoms. The van der Waals surface area contributed by atoms with Crippen LogP contribution in [0, 0.1) is 5.92 Å². The van der Waals surface area contributed by atoms with Crippen molar-refractivity contribution in [1.82, 2.24) is 10.2 Å². The SMILES string of the molecule is C[C@H](NC(=O)[C@@H]1CSCN1C(=O)C1CC1)c1ccccc1. The van der Waals surface area contributed by atoms with Crippen LogP contribution >= 0.6 is 11.8 Å². The van der Waals surface area contributed by atoms with Gasteiger partial charge in [0.15, 0.2) is 0 Å². The minimum Gasteiger partial charge on any atom is -0.348 e. The van der Waals surface area contributed by atoms with Crippen molar-refractivity contribution in [3.63, 3.8) is 0 Å². The van der Waals surface area contributed by atoms with Gasteiger partial charge in [0.1, 0.15) is 6.04 Å². The van der Waals surface area contributed by atoms with Crippen molar-refractivity contribution in [3.8, 4) is 0 Å². The molecular formula is C16H20N2O2S. The van der Waals surface area contributed by atoms with Crippen LogP contribution in [0.15, 0.2) is 30.3 Å². The molecular weight excluding hydrogens is 284 g/mol. The van der Waals surface area contributed by atoms with Gasteiger partial charge in [0.25, 0.3) is 0 Å². The Balaban J connectivity index is 1.63. The quantitative estimate of drug-likeness (QED) is 0.927. The highest BCUT2D eigenvalue weighted by Crippen LogP contribution is 2.34. The lowest BCUT2D eigenvalue weighted by molar-refractivity contribution is -0.139. The van der Waals surface area contributed by atoms with E-state index in [1.54, 1.807) is 16.7 Å². The number of rotatable bonds is 4. The molecule has 0 bridgehead atoms. The van der Waals surface area contributed by atoms with Crippen molar-refractivity contribution in [3.05, 3.63) is 35.9 Å². The van der Waals surface area contributed by atoms with Crippen molar-refractivity contribution in [2.24, 2.45) is 5.92 Å². The molecule has 1 aliphatic heterocycles. The Kier molecular flexibility index (Phi) is 4.19. The van der Waals surface area contributed by atoms with Crippen LogP contribution < -0.4 is 5.32 Å². The van der Waals surface area contributed by atoms with E-state index in [0.29, 0.717) is 11.6 Å². The number of nitrogens with one attached hydrogen (secondary N) is 1. The highest BCUT2D eigenvalue weighted by atomic mass is 32.2. The molecule has 1 saturated heterocycles. The average molecular weight is 304 g/mol. The number of nitrogens with zero attached hydrogens (tertiary/aromatic N) is 1. The van der Waals surface area contributed by atoms with Crippen LogP contribution in [0.2, 0.25) is 0 Å². The number of hydrogen-bond donors (Lipinski definition) is 1. The zero-order valence-electron chi connectivity index (χ0n) is 12.1. The summed E-state index contributed by atoms with van der Waals surface area (Å²) >= 11 is 1.66. The highest BCUT2D eigenvalue weighted by Gasteiger charge is 2.41. The summed E-state index contributed by atoms with van der Waals surface area (Å²) < 4.78 is 0. The number of carbonyl (C=O) groups excluding carboxylic acids is 2. The molecule has 4 nitrogen and oxygen atoms in total. The van der Waals surface area contributed by atoms with E-state index in [-0.39, 0.29) is 29.8 Å². The summed E-state index contributed by atoms with van der Waals surface area (Å²) in [6, 6.07) is 9.54. The summed E-state index contributed by atoms with van der Waals surface area (Å²) in [6.45, 7) is 1.97. The van der Waals surface area contributed by atoms with Crippen LogP contribution in [0.1, 0.15) is 31.4 Å². The molecule has 1 aliphatic carbocycles. The van der Waals surface area contributed by atoms with Crippen LogP contribution in [0.5, 0.6) is 0 Å². The second-order valence-corrected chi connectivity index (χ2v) is 6.74. The van der Waals surface area contributed by atoms with E-state index in [4.69, 9.17) is 0 Å². The van der Waals surface area contributed by atoms with Gasteiger partial charge in [-0.05, 0) is 25.3 Å². The second-order valence-electron chi connectivity index (χ2n) is 5.74. The van der Waals surface area contributed by atoms with E-state index >= 15 is 0 Å². The van der Waals surface area contributed by atoms with Gasteiger partial charge in [0.05, 0.1) is 11.9 Å². The van der Waals surface area contributed by atoms with Gasteiger partial charge in [-0.3, -0.25) is 9.59 Å². The third-order valence-corrected chi connectivity index (χ3v) is 5.07. The number of hydrogen-bond acceptors (Lipinski definition) is 3. The third-order valence-electron chi connectivity index (χ3n) is 4.05. The first kappa shape index (κ1) is 14.4. The Bertz CT molecular complexity index is 530. The van der Waals surface area contributed by atoms with Gasteiger partial charge >= 0.3 is 0 Å². The van der Waals surface area contributed by atoms with E-state index in [0.717, 1.165) is 18.4 Å². The normalized spacial score (nSPS) is 22.9. The molecule has 2 fully saturated rings. The zero-order valence-corrected chi connectivity index (χ0v) is 12.9. The molecule has 1 aromatic rings. The van der Waals surface area contributed by atoms with Crippen molar-refractivity contribution >= 4 is 23.6 Å². The minimum absolute atomic E-state index is 0.0367. The molecule has 21 heavy (non-hydrogen) atoms. The maximum absolute atomic E-state index is 12.5. The second kappa shape index (κ2) is 6.10. The first-order valence-corrected chi connectivity index (χ1v) is 8.56. The van der Waals surface area contributed by atoms with Gasteiger partial charge in [-0.1, -0.05) is 30.3 Å². The lowest BCUT2D eigenvalue weighted by Gasteiger charge is -2.25. The monoisotopic (exact) mass is 304 g/mol. The Labute approximate surface area is 129 Å². The number of benzene rings is 1. The van der Waals surface area contributed by atoms with Crippen molar-refractivity contribution in [1.29, 1.82) is 0 Å². The number of thioether (sulfide) groups is 1. The minimum atomic E-state index is -0.311. The summed E-state index contributed by atoms with van der Waals surface area (Å²) in [5, 5.41) is 3.04. The lowest BCUT2D eigenvalue weighted by Crippen LogP contribution is -2.48. The van der Waals surface area contributed by atoms with Gasteiger partial charge in [-0.15, -0.1) is 11.8 Å². The van der Waals surface area contributed by atoms with E-state index in [1.807, 2.05) is 37.3 Å². The summed E-state index contributed by atoms with van der Waals surface area (Å²) in [5.41, 5.74) is 1.08. The molecule has 1 aromatic carbocycles. The molecule has 2 atom stereocenters. The fourth-order valence-corrected chi connectivity index (χ4v) is 3.74. The summed E-state index contributed by atoms with van der Waals surface area (Å²) in [4.78, 5) is 26.4. The molecule has 112 valence electrons. The summed E-state index contributed by atoms with van der Waals surface area (Å²) in [5.74, 6) is 1.64. The Hall–Kier alpha value is -1.49. The lowest BCUT2D eigenvalue weighted by atomic mass is 10.1. The van der Waals surface area contributed by atoms with Gasteiger partial charge < -0.3 is 10.2 Å². The Morgan fingerprint density at radius 1 is 1.29 bits per heavy atom. The fraction of sp³-hybridized carbons (Fsp3) is 0.500. The maximum Gasteiger partial charge on any atom is 0.244 e. The highest BCUT2D eigenvalue weighted by molar-refractivity contribution is 7.99. The molecule has 0 radical (unpaired) electrons. The fourth-order valence-electron chi connectivity index (χ4n) is 2.58. The van der Waals surface area contributed by atoms with E-state index < -0.39 is 0 Å². The standard InChI is InChI=1S/C16H20N2O2S/c1-11(12-5-3-2-4-6-12)17-15(19)14-9-21-10-18(14)16(20)13-7-8-13/h2-6,11,13-14H,7-10H2,1H3,(H,17,19)/t11-,14-/m0/s1. The Morgan fingerprint density at radius 2 is 2.00 bits per heavy atom. The molecule has 2 amide bonds. The molecule has 1 heterocycles. The van der Waals surface area contributed by atoms with E-state index in [9.17, 15) is 9.59 Å². The molecule has 0 aromatic heterocycles. The molecule has 3 rings (SSSR count). The van der Waals surface area contributed by atoms with Gasteiger partial charge in [-0.25, -0.2) is 0 Å². The van der Waals surface area contributed by atoms with Crippen LogP contribution in [-0.4, -0.2) is 34.4 Å². The van der Waals surface area contributed by atoms with E-state index in [1.165, 1.54) is 0 Å². The number of amides is 2. The smallest absolute Gasteiger partial charge is 0.244 e. The Morgan fingerprint density at radius 3 is 2.67 bits per heavy atom. The van der Waals surface area contributed by atoms with Crippen molar-refractivity contribution < 1.29 is 9.59 Å². The molecule has 2 aliphatic rings. The average Bonchev–Trinajstić information content (AvgIpc) is 3.23. The molecule has 0 spiro atoms. The van der Waals surface area contributed by atoms with Crippen LogP contribution in [0.4, 0.5) is 0 Å². The van der Waals surface area contributed by atoms with Gasteiger partial charge in [0.2, 0.25) is 11.8 Å². The predicted octanol–water partition coefficient (Wildman–Crippen LogP) is 2.18. The first-order chi connectivity index (χ1) is 10.2. The van der Waals surface area contributed by atoms with Gasteiger partial charge in [0, 0.05) is 11.7 Å². The van der Waals surface area contributed by atoms with Crippen LogP contribution in [0.3, 0.4) is 0 Å². The van der Waals surface area contributed by atoms with Crippen LogP contribution in [0.25, 0.3) is 0 Å². The van der Waals surface area contributed by atoms with Crippen LogP contribution in [-0.2, 0) is 9.59 Å². The summed E-state index contributed by atoms with van der Waals surface area (Å²) in [6.07, 6.45) is 1.96. The molecule has 1 N–H and O–H groups in total. The number of carbonyl (C=O) groups is 2. The van der Waals surface area contributed by atoms with Gasteiger partial charge in [-0.2, -0.15) is 0 Å². The maximum atomic E-state index is 12.5. The first-order valence-electron chi connectivity index (χ1n) is 7.40. The third kappa shape index (κ3) is 3.23. The topological polar surface area (TPSA) is 49.4 Å². The largest absolute Gasteiger partial charge is 0.348 e. The predicted molar refractivity (Wildman–Crippen MR) is 83.7 cm³/mol. The van der Waals surface area contributed by atoms with Crippen molar-refractivity contribution in [2.45, 2.75) is 31.8 Å². The molecule has 0 unspecified atom stereocenters. The summed E-state index contributed by atoms with van der Waals surface area (Å²) in [7, 11) is 0. The molecule has 1 saturated carbocycles. The van der Waals surface area contributed by atoms with Crippen molar-refractivity contribution in [2.75, 3.05) is 11.6 Å². The zero-order chi connectivity index (χ0) is 14.8.